The molecule has 5 heteroatoms. The number of β-amino-alcohol motifs (C(OH)–C–C–N with tert-alkyl or cyclic N) is 1. The van der Waals surface area contributed by atoms with E-state index >= 15 is 0 Å². The molecule has 2 rings (SSSR count). The number of hydrogen-bond acceptors (Lipinski definition) is 4. The quantitative estimate of drug-likeness (QED) is 0.618. The van der Waals surface area contributed by atoms with Crippen LogP contribution >= 0.6 is 11.6 Å². The van der Waals surface area contributed by atoms with Crippen LogP contribution in [0.4, 0.5) is 0 Å². The van der Waals surface area contributed by atoms with Crippen molar-refractivity contribution in [1.82, 2.24) is 10.6 Å². The van der Waals surface area contributed by atoms with Gasteiger partial charge >= 0.3 is 0 Å². The van der Waals surface area contributed by atoms with Crippen molar-refractivity contribution in [2.45, 2.75) is 24.8 Å². The summed E-state index contributed by atoms with van der Waals surface area (Å²) in [7, 11) is 0. The topological polar surface area (TPSA) is 64.5 Å². The minimum absolute atomic E-state index is 0.104. The van der Waals surface area contributed by atoms with E-state index < -0.39 is 12.2 Å². The summed E-state index contributed by atoms with van der Waals surface area (Å²) in [6, 6.07) is 7.54. The smallest absolute Gasteiger partial charge is 0.0976 e. The molecular weight excluding hydrogens is 240 g/mol. The third-order valence-corrected chi connectivity index (χ3v) is 3.40. The zero-order valence-electron chi connectivity index (χ0n) is 9.44. The Kier molecular flexibility index (Phi) is 4.36. The van der Waals surface area contributed by atoms with Crippen LogP contribution in [0, 0.1) is 0 Å². The van der Waals surface area contributed by atoms with Crippen molar-refractivity contribution >= 4 is 11.6 Å². The molecule has 0 bridgehead atoms. The van der Waals surface area contributed by atoms with E-state index in [1.54, 1.807) is 0 Å². The Hall–Kier alpha value is -0.650. The van der Waals surface area contributed by atoms with Crippen molar-refractivity contribution < 1.29 is 10.2 Å². The van der Waals surface area contributed by atoms with Gasteiger partial charge in [0.2, 0.25) is 0 Å². The lowest BCUT2D eigenvalue weighted by atomic mass is 10.1. The maximum atomic E-state index is 9.63. The molecule has 1 aromatic carbocycles. The fourth-order valence-corrected chi connectivity index (χ4v) is 2.18. The van der Waals surface area contributed by atoms with Crippen molar-refractivity contribution in [1.29, 1.82) is 0 Å². The maximum absolute atomic E-state index is 9.63. The highest BCUT2D eigenvalue weighted by atomic mass is 35.5. The molecule has 0 aromatic heterocycles. The third kappa shape index (κ3) is 3.18. The summed E-state index contributed by atoms with van der Waals surface area (Å²) in [5.74, 6) is 0. The number of halogens is 1. The van der Waals surface area contributed by atoms with Gasteiger partial charge in [-0.3, -0.25) is 0 Å². The molecule has 4 N–H and O–H groups in total. The standard InChI is InChI=1S/C12H17ClN2O2/c13-9-4-2-1-3-8(9)5-14-6-10-12(17)11(16)7-15-10/h1-4,10-12,14-17H,5-7H2/t10-,11+,12-/m1/s1. The Balaban J connectivity index is 1.79. The molecule has 0 spiro atoms. The summed E-state index contributed by atoms with van der Waals surface area (Å²) in [5, 5.41) is 26.0. The van der Waals surface area contributed by atoms with Crippen LogP contribution in [0.15, 0.2) is 24.3 Å². The van der Waals surface area contributed by atoms with Gasteiger partial charge in [0.05, 0.1) is 12.2 Å². The largest absolute Gasteiger partial charge is 0.389 e. The van der Waals surface area contributed by atoms with E-state index in [2.05, 4.69) is 10.6 Å². The molecule has 3 atom stereocenters. The molecule has 1 aliphatic heterocycles. The predicted octanol–water partition coefficient (Wildman–Crippen LogP) is 0.123. The van der Waals surface area contributed by atoms with Crippen molar-refractivity contribution in [2.75, 3.05) is 13.1 Å². The molecule has 94 valence electrons. The predicted molar refractivity (Wildman–Crippen MR) is 67.0 cm³/mol. The lowest BCUT2D eigenvalue weighted by Crippen LogP contribution is -2.41. The first-order chi connectivity index (χ1) is 8.18. The Morgan fingerprint density at radius 1 is 1.35 bits per heavy atom. The minimum atomic E-state index is -0.700. The summed E-state index contributed by atoms with van der Waals surface area (Å²) in [6.07, 6.45) is -1.36. The Morgan fingerprint density at radius 2 is 2.12 bits per heavy atom. The summed E-state index contributed by atoms with van der Waals surface area (Å²) in [6.45, 7) is 1.70. The second-order valence-corrected chi connectivity index (χ2v) is 4.70. The van der Waals surface area contributed by atoms with E-state index in [0.29, 0.717) is 19.6 Å². The van der Waals surface area contributed by atoms with E-state index in [1.807, 2.05) is 24.3 Å². The summed E-state index contributed by atoms with van der Waals surface area (Å²) in [4.78, 5) is 0. The lowest BCUT2D eigenvalue weighted by molar-refractivity contribution is 0.0407. The van der Waals surface area contributed by atoms with Gasteiger partial charge < -0.3 is 20.8 Å². The molecular formula is C12H17ClN2O2. The average Bonchev–Trinajstić information content (AvgIpc) is 2.63. The van der Waals surface area contributed by atoms with Crippen LogP contribution in [-0.2, 0) is 6.54 Å². The zero-order chi connectivity index (χ0) is 12.3. The molecule has 1 saturated heterocycles. The molecule has 0 unspecified atom stereocenters. The molecule has 17 heavy (non-hydrogen) atoms. The van der Waals surface area contributed by atoms with Crippen LogP contribution in [0.1, 0.15) is 5.56 Å². The van der Waals surface area contributed by atoms with Crippen molar-refractivity contribution in [3.63, 3.8) is 0 Å². The van der Waals surface area contributed by atoms with E-state index in [4.69, 9.17) is 11.6 Å². The van der Waals surface area contributed by atoms with Crippen molar-refractivity contribution in [2.24, 2.45) is 0 Å². The fraction of sp³-hybridized carbons (Fsp3) is 0.500. The van der Waals surface area contributed by atoms with Crippen LogP contribution in [0.5, 0.6) is 0 Å². The number of aliphatic hydroxyl groups excluding tert-OH is 2. The van der Waals surface area contributed by atoms with Gasteiger partial charge in [0.15, 0.2) is 0 Å². The molecule has 1 aromatic rings. The summed E-state index contributed by atoms with van der Waals surface area (Å²) >= 11 is 6.03. The van der Waals surface area contributed by atoms with Gasteiger partial charge in [-0.05, 0) is 11.6 Å². The highest BCUT2D eigenvalue weighted by molar-refractivity contribution is 6.31. The monoisotopic (exact) mass is 256 g/mol. The molecule has 0 saturated carbocycles. The second-order valence-electron chi connectivity index (χ2n) is 4.29. The first-order valence-electron chi connectivity index (χ1n) is 5.72. The molecule has 0 amide bonds. The number of hydrogen-bond donors (Lipinski definition) is 4. The van der Waals surface area contributed by atoms with Gasteiger partial charge in [-0.1, -0.05) is 29.8 Å². The van der Waals surface area contributed by atoms with Crippen LogP contribution in [-0.4, -0.2) is 41.6 Å². The minimum Gasteiger partial charge on any atom is -0.389 e. The van der Waals surface area contributed by atoms with Gasteiger partial charge in [-0.2, -0.15) is 0 Å². The SMILES string of the molecule is O[C@H]1[C@@H](O)CN[C@@H]1CNCc1ccccc1Cl. The van der Waals surface area contributed by atoms with E-state index in [0.717, 1.165) is 10.6 Å². The Morgan fingerprint density at radius 3 is 2.76 bits per heavy atom. The first kappa shape index (κ1) is 12.8. The highest BCUT2D eigenvalue weighted by Crippen LogP contribution is 2.14. The summed E-state index contributed by atoms with van der Waals surface area (Å²) in [5.41, 5.74) is 1.03. The van der Waals surface area contributed by atoms with Gasteiger partial charge in [0.25, 0.3) is 0 Å². The second kappa shape index (κ2) is 5.80. The van der Waals surface area contributed by atoms with Crippen LogP contribution in [0.3, 0.4) is 0 Å². The van der Waals surface area contributed by atoms with E-state index in [-0.39, 0.29) is 6.04 Å². The number of aliphatic hydroxyl groups is 2. The average molecular weight is 257 g/mol. The number of benzene rings is 1. The van der Waals surface area contributed by atoms with Crippen LogP contribution in [0.25, 0.3) is 0 Å². The maximum Gasteiger partial charge on any atom is 0.0976 e. The van der Waals surface area contributed by atoms with Crippen LogP contribution < -0.4 is 10.6 Å². The normalized spacial score (nSPS) is 28.5. The highest BCUT2D eigenvalue weighted by Gasteiger charge is 2.32. The molecule has 4 nitrogen and oxygen atoms in total. The van der Waals surface area contributed by atoms with E-state index in [9.17, 15) is 10.2 Å². The van der Waals surface area contributed by atoms with Gasteiger partial charge in [-0.15, -0.1) is 0 Å². The lowest BCUT2D eigenvalue weighted by Gasteiger charge is -2.16. The van der Waals surface area contributed by atoms with Crippen LogP contribution in [0.2, 0.25) is 5.02 Å². The van der Waals surface area contributed by atoms with E-state index in [1.165, 1.54) is 0 Å². The van der Waals surface area contributed by atoms with Gasteiger partial charge in [0, 0.05) is 30.7 Å². The third-order valence-electron chi connectivity index (χ3n) is 3.03. The molecule has 0 radical (unpaired) electrons. The van der Waals surface area contributed by atoms with Crippen molar-refractivity contribution in [3.05, 3.63) is 34.9 Å². The zero-order valence-corrected chi connectivity index (χ0v) is 10.2. The number of rotatable bonds is 4. The molecule has 0 aliphatic carbocycles. The van der Waals surface area contributed by atoms with Crippen molar-refractivity contribution in [3.8, 4) is 0 Å². The van der Waals surface area contributed by atoms with Gasteiger partial charge in [-0.25, -0.2) is 0 Å². The fourth-order valence-electron chi connectivity index (χ4n) is 1.98. The summed E-state index contributed by atoms with van der Waals surface area (Å²) < 4.78 is 0. The van der Waals surface area contributed by atoms with Gasteiger partial charge in [0.1, 0.15) is 0 Å². The molecule has 1 aliphatic rings. The molecule has 1 fully saturated rings. The first-order valence-corrected chi connectivity index (χ1v) is 6.10. The Labute approximate surface area is 106 Å². The number of nitrogens with one attached hydrogen (secondary N) is 2. The Bertz CT molecular complexity index is 375. The molecule has 1 heterocycles.